The van der Waals surface area contributed by atoms with Gasteiger partial charge in [0, 0.05) is 25.3 Å². The molecular formula is C8H13N5. The van der Waals surface area contributed by atoms with E-state index in [1.165, 1.54) is 0 Å². The zero-order valence-electron chi connectivity index (χ0n) is 7.35. The Morgan fingerprint density at radius 3 is 3.15 bits per heavy atom. The van der Waals surface area contributed by atoms with E-state index in [-0.39, 0.29) is 0 Å². The van der Waals surface area contributed by atoms with E-state index in [1.807, 2.05) is 6.07 Å². The number of aromatic nitrogens is 2. The van der Waals surface area contributed by atoms with Gasteiger partial charge in [-0.3, -0.25) is 11.3 Å². The molecule has 0 spiro atoms. The number of hydrogen-bond acceptors (Lipinski definition) is 5. The third kappa shape index (κ3) is 1.76. The molecule has 0 amide bonds. The number of rotatable bonds is 2. The van der Waals surface area contributed by atoms with Crippen molar-refractivity contribution in [1.29, 1.82) is 0 Å². The van der Waals surface area contributed by atoms with Gasteiger partial charge < -0.3 is 4.90 Å². The van der Waals surface area contributed by atoms with Gasteiger partial charge in [-0.05, 0) is 12.5 Å². The third-order valence-electron chi connectivity index (χ3n) is 2.31. The number of nitrogens with two attached hydrogens (primary N) is 1. The highest BCUT2D eigenvalue weighted by Crippen LogP contribution is 2.15. The summed E-state index contributed by atoms with van der Waals surface area (Å²) >= 11 is 0. The number of anilines is 1. The number of hydrazine groups is 1. The standard InChI is InChI=1S/C8H13N5/c9-12-7-2-4-13(5-7)8-1-3-10-6-11-8/h1,3,6-7,12H,2,4-5,9H2. The molecule has 1 aromatic rings. The normalized spacial score (nSPS) is 22.2. The van der Waals surface area contributed by atoms with Crippen LogP contribution in [0.15, 0.2) is 18.6 Å². The Bertz CT molecular complexity index is 262. The number of nitrogens with zero attached hydrogens (tertiary/aromatic N) is 3. The second kappa shape index (κ2) is 3.68. The lowest BCUT2D eigenvalue weighted by molar-refractivity contribution is 0.574. The lowest BCUT2D eigenvalue weighted by Gasteiger charge is -2.16. The maximum atomic E-state index is 5.36. The summed E-state index contributed by atoms with van der Waals surface area (Å²) in [6.07, 6.45) is 4.39. The molecule has 1 atom stereocenters. The van der Waals surface area contributed by atoms with Crippen LogP contribution in [0.4, 0.5) is 5.82 Å². The van der Waals surface area contributed by atoms with Gasteiger partial charge in [0.1, 0.15) is 12.1 Å². The predicted molar refractivity (Wildman–Crippen MR) is 50.0 cm³/mol. The fourth-order valence-electron chi connectivity index (χ4n) is 1.58. The second-order valence-corrected chi connectivity index (χ2v) is 3.17. The topological polar surface area (TPSA) is 67.1 Å². The van der Waals surface area contributed by atoms with Gasteiger partial charge in [-0.25, -0.2) is 9.97 Å². The van der Waals surface area contributed by atoms with Crippen LogP contribution in [0.1, 0.15) is 6.42 Å². The summed E-state index contributed by atoms with van der Waals surface area (Å²) < 4.78 is 0. The van der Waals surface area contributed by atoms with Crippen molar-refractivity contribution >= 4 is 5.82 Å². The Labute approximate surface area is 76.9 Å². The van der Waals surface area contributed by atoms with Crippen LogP contribution in [0, 0.1) is 0 Å². The first-order chi connectivity index (χ1) is 6.40. The van der Waals surface area contributed by atoms with E-state index >= 15 is 0 Å². The van der Waals surface area contributed by atoms with Gasteiger partial charge in [0.2, 0.25) is 0 Å². The van der Waals surface area contributed by atoms with Crippen molar-refractivity contribution in [3.63, 3.8) is 0 Å². The minimum absolute atomic E-state index is 0.384. The fraction of sp³-hybridized carbons (Fsp3) is 0.500. The average Bonchev–Trinajstić information content (AvgIpc) is 2.67. The van der Waals surface area contributed by atoms with Crippen LogP contribution in [-0.2, 0) is 0 Å². The van der Waals surface area contributed by atoms with E-state index in [0.717, 1.165) is 25.3 Å². The molecule has 0 aliphatic carbocycles. The van der Waals surface area contributed by atoms with Crippen LogP contribution in [0.25, 0.3) is 0 Å². The lowest BCUT2D eigenvalue weighted by Crippen LogP contribution is -2.37. The fourth-order valence-corrected chi connectivity index (χ4v) is 1.58. The summed E-state index contributed by atoms with van der Waals surface area (Å²) in [5.41, 5.74) is 2.78. The molecule has 1 unspecified atom stereocenters. The van der Waals surface area contributed by atoms with E-state index in [2.05, 4.69) is 20.3 Å². The zero-order valence-corrected chi connectivity index (χ0v) is 7.35. The highest BCUT2D eigenvalue weighted by Gasteiger charge is 2.21. The van der Waals surface area contributed by atoms with E-state index in [4.69, 9.17) is 5.84 Å². The summed E-state index contributed by atoms with van der Waals surface area (Å²) in [5, 5.41) is 0. The van der Waals surface area contributed by atoms with Crippen molar-refractivity contribution in [3.05, 3.63) is 18.6 Å². The summed E-state index contributed by atoms with van der Waals surface area (Å²) in [4.78, 5) is 10.3. The minimum atomic E-state index is 0.384. The van der Waals surface area contributed by atoms with Gasteiger partial charge in [0.05, 0.1) is 0 Å². The zero-order chi connectivity index (χ0) is 9.10. The van der Waals surface area contributed by atoms with Crippen LogP contribution in [0.2, 0.25) is 0 Å². The van der Waals surface area contributed by atoms with Crippen molar-refractivity contribution in [2.24, 2.45) is 5.84 Å². The number of nitrogens with one attached hydrogen (secondary N) is 1. The molecule has 13 heavy (non-hydrogen) atoms. The van der Waals surface area contributed by atoms with Crippen LogP contribution in [0.3, 0.4) is 0 Å². The summed E-state index contributed by atoms with van der Waals surface area (Å²) in [6.45, 7) is 1.93. The SMILES string of the molecule is NNC1CCN(c2ccncn2)C1. The van der Waals surface area contributed by atoms with E-state index in [9.17, 15) is 0 Å². The molecule has 1 aliphatic rings. The maximum absolute atomic E-state index is 5.36. The van der Waals surface area contributed by atoms with Crippen LogP contribution in [-0.4, -0.2) is 29.1 Å². The lowest BCUT2D eigenvalue weighted by atomic mass is 10.3. The Hall–Kier alpha value is -1.20. The summed E-state index contributed by atoms with van der Waals surface area (Å²) in [6, 6.07) is 2.30. The largest absolute Gasteiger partial charge is 0.355 e. The van der Waals surface area contributed by atoms with Gasteiger partial charge in [0.25, 0.3) is 0 Å². The van der Waals surface area contributed by atoms with E-state index < -0.39 is 0 Å². The minimum Gasteiger partial charge on any atom is -0.355 e. The van der Waals surface area contributed by atoms with E-state index in [1.54, 1.807) is 12.5 Å². The highest BCUT2D eigenvalue weighted by molar-refractivity contribution is 5.38. The molecule has 0 bridgehead atoms. The Kier molecular flexibility index (Phi) is 2.37. The van der Waals surface area contributed by atoms with Gasteiger partial charge in [-0.2, -0.15) is 0 Å². The van der Waals surface area contributed by atoms with Crippen molar-refractivity contribution in [2.45, 2.75) is 12.5 Å². The first kappa shape index (κ1) is 8.40. The molecule has 3 N–H and O–H groups in total. The van der Waals surface area contributed by atoms with Crippen LogP contribution in [0.5, 0.6) is 0 Å². The van der Waals surface area contributed by atoms with Crippen molar-refractivity contribution in [2.75, 3.05) is 18.0 Å². The second-order valence-electron chi connectivity index (χ2n) is 3.17. The molecule has 5 nitrogen and oxygen atoms in total. The molecule has 1 saturated heterocycles. The first-order valence-corrected chi connectivity index (χ1v) is 4.37. The monoisotopic (exact) mass is 179 g/mol. The van der Waals surface area contributed by atoms with Crippen LogP contribution >= 0.6 is 0 Å². The maximum Gasteiger partial charge on any atom is 0.131 e. The van der Waals surface area contributed by atoms with Crippen molar-refractivity contribution < 1.29 is 0 Å². The summed E-state index contributed by atoms with van der Waals surface area (Å²) in [7, 11) is 0. The van der Waals surface area contributed by atoms with Gasteiger partial charge >= 0.3 is 0 Å². The Balaban J connectivity index is 2.04. The highest BCUT2D eigenvalue weighted by atomic mass is 15.3. The molecule has 70 valence electrons. The molecule has 0 aromatic carbocycles. The molecular weight excluding hydrogens is 166 g/mol. The van der Waals surface area contributed by atoms with Gasteiger partial charge in [0.15, 0.2) is 0 Å². The molecule has 1 aliphatic heterocycles. The van der Waals surface area contributed by atoms with Gasteiger partial charge in [-0.15, -0.1) is 0 Å². The van der Waals surface area contributed by atoms with Crippen molar-refractivity contribution in [1.82, 2.24) is 15.4 Å². The molecule has 2 heterocycles. The molecule has 1 fully saturated rings. The molecule has 2 rings (SSSR count). The molecule has 0 radical (unpaired) electrons. The molecule has 5 heteroatoms. The third-order valence-corrected chi connectivity index (χ3v) is 2.31. The van der Waals surface area contributed by atoms with Crippen molar-refractivity contribution in [3.8, 4) is 0 Å². The van der Waals surface area contributed by atoms with Gasteiger partial charge in [-0.1, -0.05) is 0 Å². The number of hydrogen-bond donors (Lipinski definition) is 2. The first-order valence-electron chi connectivity index (χ1n) is 4.37. The molecule has 0 saturated carbocycles. The average molecular weight is 179 g/mol. The predicted octanol–water partition coefficient (Wildman–Crippen LogP) is -0.481. The smallest absolute Gasteiger partial charge is 0.131 e. The quantitative estimate of drug-likeness (QED) is 0.474. The Morgan fingerprint density at radius 1 is 1.62 bits per heavy atom. The van der Waals surface area contributed by atoms with E-state index in [0.29, 0.717) is 6.04 Å². The molecule has 1 aromatic heterocycles. The summed E-state index contributed by atoms with van der Waals surface area (Å²) in [5.74, 6) is 6.34. The Morgan fingerprint density at radius 2 is 2.54 bits per heavy atom. The van der Waals surface area contributed by atoms with Crippen LogP contribution < -0.4 is 16.2 Å².